The number of rotatable bonds is 6. The summed E-state index contributed by atoms with van der Waals surface area (Å²) in [5.41, 5.74) is 2.38. The van der Waals surface area contributed by atoms with Gasteiger partial charge in [0.05, 0.1) is 17.8 Å². The first-order valence-corrected chi connectivity index (χ1v) is 10.3. The Hall–Kier alpha value is -2.81. The van der Waals surface area contributed by atoms with Gasteiger partial charge in [0.25, 0.3) is 0 Å². The highest BCUT2D eigenvalue weighted by atomic mass is 19.4. The summed E-state index contributed by atoms with van der Waals surface area (Å²) in [5, 5.41) is 6.01. The number of Topliss-reactive ketones (excluding diaryl/α,β-unsaturated/α-hetero) is 1. The van der Waals surface area contributed by atoms with Crippen LogP contribution < -0.4 is 0 Å². The quantitative estimate of drug-likeness (QED) is 0.594. The fraction of sp³-hybridized carbons (Fsp3) is 0.455. The van der Waals surface area contributed by atoms with Gasteiger partial charge in [0.2, 0.25) is 0 Å². The van der Waals surface area contributed by atoms with Crippen LogP contribution in [0.3, 0.4) is 0 Å². The molecule has 6 nitrogen and oxygen atoms in total. The molecule has 9 heteroatoms. The van der Waals surface area contributed by atoms with Crippen LogP contribution in [0.15, 0.2) is 36.8 Å². The zero-order chi connectivity index (χ0) is 22.0. The summed E-state index contributed by atoms with van der Waals surface area (Å²) in [4.78, 5) is 23.4. The number of alkyl halides is 3. The lowest BCUT2D eigenvalue weighted by atomic mass is 9.90. The predicted octanol–water partition coefficient (Wildman–Crippen LogP) is 3.81. The number of aromatic nitrogens is 4. The first-order chi connectivity index (χ1) is 14.8. The number of pyridine rings is 2. The van der Waals surface area contributed by atoms with Gasteiger partial charge >= 0.3 is 6.18 Å². The van der Waals surface area contributed by atoms with Crippen molar-refractivity contribution in [1.29, 1.82) is 0 Å². The first kappa shape index (κ1) is 21.4. The fourth-order valence-electron chi connectivity index (χ4n) is 4.03. The van der Waals surface area contributed by atoms with Gasteiger partial charge in [0, 0.05) is 55.6 Å². The second-order valence-electron chi connectivity index (χ2n) is 8.06. The highest BCUT2D eigenvalue weighted by Crippen LogP contribution is 2.25. The molecule has 0 unspecified atom stereocenters. The van der Waals surface area contributed by atoms with E-state index in [0.717, 1.165) is 22.2 Å². The number of hydrogen-bond donors (Lipinski definition) is 0. The van der Waals surface area contributed by atoms with E-state index in [1.54, 1.807) is 28.2 Å². The van der Waals surface area contributed by atoms with Crippen LogP contribution in [-0.2, 0) is 18.3 Å². The summed E-state index contributed by atoms with van der Waals surface area (Å²) in [6.07, 6.45) is 1.67. The van der Waals surface area contributed by atoms with Crippen molar-refractivity contribution in [3.05, 3.63) is 42.5 Å². The van der Waals surface area contributed by atoms with Crippen LogP contribution in [-0.4, -0.2) is 56.2 Å². The van der Waals surface area contributed by atoms with Crippen molar-refractivity contribution in [3.8, 4) is 11.4 Å². The van der Waals surface area contributed by atoms with Gasteiger partial charge < -0.3 is 4.90 Å². The molecule has 31 heavy (non-hydrogen) atoms. The molecule has 4 heterocycles. The number of halogens is 3. The number of likely N-dealkylation sites (tertiary alicyclic amines) is 1. The van der Waals surface area contributed by atoms with Crippen LogP contribution in [0, 0.1) is 5.92 Å². The van der Waals surface area contributed by atoms with E-state index >= 15 is 0 Å². The Morgan fingerprint density at radius 1 is 1.13 bits per heavy atom. The molecule has 164 valence electrons. The zero-order valence-corrected chi connectivity index (χ0v) is 17.3. The molecule has 1 fully saturated rings. The van der Waals surface area contributed by atoms with E-state index in [4.69, 9.17) is 0 Å². The third-order valence-electron chi connectivity index (χ3n) is 5.85. The average molecular weight is 431 g/mol. The lowest BCUT2D eigenvalue weighted by molar-refractivity contribution is -0.139. The molecule has 1 aliphatic rings. The van der Waals surface area contributed by atoms with Gasteiger partial charge in [0.1, 0.15) is 5.78 Å². The molecule has 0 spiro atoms. The summed E-state index contributed by atoms with van der Waals surface area (Å²) >= 11 is 0. The van der Waals surface area contributed by atoms with E-state index in [0.29, 0.717) is 31.6 Å². The van der Waals surface area contributed by atoms with Gasteiger partial charge in [-0.25, -0.2) is 0 Å². The van der Waals surface area contributed by atoms with Crippen LogP contribution in [0.4, 0.5) is 13.2 Å². The van der Waals surface area contributed by atoms with Crippen LogP contribution in [0.2, 0.25) is 0 Å². The van der Waals surface area contributed by atoms with Crippen LogP contribution >= 0.6 is 0 Å². The van der Waals surface area contributed by atoms with Crippen LogP contribution in [0.1, 0.15) is 25.0 Å². The molecule has 3 aromatic heterocycles. The molecule has 1 saturated heterocycles. The maximum absolute atomic E-state index is 12.8. The van der Waals surface area contributed by atoms with Crippen LogP contribution in [0.25, 0.3) is 22.2 Å². The van der Waals surface area contributed by atoms with Gasteiger partial charge in [-0.1, -0.05) is 0 Å². The van der Waals surface area contributed by atoms with E-state index in [1.807, 2.05) is 25.2 Å². The Morgan fingerprint density at radius 2 is 1.87 bits per heavy atom. The standard InChI is InChI=1S/C22H24F3N5O/c1-29-20(2-6-28-29)19-11-16-10-18(26-13-17(16)14-27-19)12-21(31)15-3-7-30(8-4-15)9-5-22(23,24)25/h2,6,10-11,13-15H,3-5,7-9,12H2,1H3. The molecular weight excluding hydrogens is 407 g/mol. The minimum atomic E-state index is -4.14. The van der Waals surface area contributed by atoms with Crippen molar-refractivity contribution in [3.63, 3.8) is 0 Å². The number of fused-ring (bicyclic) bond motifs is 1. The average Bonchev–Trinajstić information content (AvgIpc) is 3.17. The van der Waals surface area contributed by atoms with Gasteiger partial charge in [-0.15, -0.1) is 0 Å². The van der Waals surface area contributed by atoms with Crippen molar-refractivity contribution in [2.45, 2.75) is 31.9 Å². The molecule has 0 bridgehead atoms. The molecule has 0 radical (unpaired) electrons. The molecular formula is C22H24F3N5O. The fourth-order valence-corrected chi connectivity index (χ4v) is 4.03. The van der Waals surface area contributed by atoms with E-state index in [-0.39, 0.29) is 24.7 Å². The molecule has 0 aromatic carbocycles. The Kier molecular flexibility index (Phi) is 6.04. The van der Waals surface area contributed by atoms with Crippen LogP contribution in [0.5, 0.6) is 0 Å². The normalized spacial score (nSPS) is 16.1. The van der Waals surface area contributed by atoms with Gasteiger partial charge in [-0.3, -0.25) is 19.4 Å². The van der Waals surface area contributed by atoms with Crippen molar-refractivity contribution in [1.82, 2.24) is 24.6 Å². The Bertz CT molecular complexity index is 1070. The molecule has 4 rings (SSSR count). The topological polar surface area (TPSA) is 63.9 Å². The number of piperidine rings is 1. The third kappa shape index (κ3) is 5.28. The maximum Gasteiger partial charge on any atom is 0.390 e. The first-order valence-electron chi connectivity index (χ1n) is 10.3. The highest BCUT2D eigenvalue weighted by molar-refractivity contribution is 5.87. The SMILES string of the molecule is Cn1nccc1-c1cc2cc(CC(=O)C3CCN(CCC(F)(F)F)CC3)ncc2cn1. The van der Waals surface area contributed by atoms with E-state index in [9.17, 15) is 18.0 Å². The molecule has 0 amide bonds. The second-order valence-corrected chi connectivity index (χ2v) is 8.06. The number of carbonyl (C=O) groups excluding carboxylic acids is 1. The van der Waals surface area contributed by atoms with Crippen molar-refractivity contribution in [2.75, 3.05) is 19.6 Å². The minimum Gasteiger partial charge on any atom is -0.303 e. The van der Waals surface area contributed by atoms with Gasteiger partial charge in [-0.05, 0) is 49.5 Å². The zero-order valence-electron chi connectivity index (χ0n) is 17.3. The Morgan fingerprint density at radius 3 is 2.55 bits per heavy atom. The largest absolute Gasteiger partial charge is 0.390 e. The summed E-state index contributed by atoms with van der Waals surface area (Å²) in [6.45, 7) is 1.05. The molecule has 0 saturated carbocycles. The maximum atomic E-state index is 12.8. The smallest absolute Gasteiger partial charge is 0.303 e. The summed E-state index contributed by atoms with van der Waals surface area (Å²) in [5.74, 6) is -0.0229. The lowest BCUT2D eigenvalue weighted by Crippen LogP contribution is -2.38. The predicted molar refractivity (Wildman–Crippen MR) is 110 cm³/mol. The van der Waals surface area contributed by atoms with Gasteiger partial charge in [0.15, 0.2) is 0 Å². The second kappa shape index (κ2) is 8.74. The van der Waals surface area contributed by atoms with E-state index < -0.39 is 12.6 Å². The van der Waals surface area contributed by atoms with E-state index in [1.165, 1.54) is 0 Å². The lowest BCUT2D eigenvalue weighted by Gasteiger charge is -2.31. The summed E-state index contributed by atoms with van der Waals surface area (Å²) in [6, 6.07) is 5.76. The molecule has 1 aliphatic heterocycles. The number of carbonyl (C=O) groups is 1. The summed E-state index contributed by atoms with van der Waals surface area (Å²) in [7, 11) is 1.85. The number of aryl methyl sites for hydroxylation is 1. The molecule has 0 N–H and O–H groups in total. The summed E-state index contributed by atoms with van der Waals surface area (Å²) < 4.78 is 38.9. The Labute approximate surface area is 178 Å². The third-order valence-corrected chi connectivity index (χ3v) is 5.85. The molecule has 0 atom stereocenters. The molecule has 3 aromatic rings. The number of ketones is 1. The van der Waals surface area contributed by atoms with Crippen molar-refractivity contribution >= 4 is 16.6 Å². The van der Waals surface area contributed by atoms with Crippen molar-refractivity contribution < 1.29 is 18.0 Å². The Balaban J connectivity index is 1.39. The van der Waals surface area contributed by atoms with E-state index in [2.05, 4.69) is 15.1 Å². The highest BCUT2D eigenvalue weighted by Gasteiger charge is 2.30. The van der Waals surface area contributed by atoms with Gasteiger partial charge in [-0.2, -0.15) is 18.3 Å². The van der Waals surface area contributed by atoms with Crippen molar-refractivity contribution in [2.24, 2.45) is 13.0 Å². The number of nitrogens with zero attached hydrogens (tertiary/aromatic N) is 5. The molecule has 0 aliphatic carbocycles. The minimum absolute atomic E-state index is 0.00364. The monoisotopic (exact) mass is 431 g/mol. The number of hydrogen-bond acceptors (Lipinski definition) is 5.